The second kappa shape index (κ2) is 11.2. The molecule has 9 nitrogen and oxygen atoms in total. The molecule has 0 saturated heterocycles. The van der Waals surface area contributed by atoms with Crippen molar-refractivity contribution in [1.82, 2.24) is 15.8 Å². The number of nitrogens with one attached hydrogen (secondary N) is 3. The smallest absolute Gasteiger partial charge is 0.243 e. The summed E-state index contributed by atoms with van der Waals surface area (Å²) < 4.78 is 5.27. The van der Waals surface area contributed by atoms with Crippen molar-refractivity contribution < 1.29 is 24.0 Å². The van der Waals surface area contributed by atoms with Crippen LogP contribution in [-0.4, -0.2) is 43.0 Å². The zero-order valence-electron chi connectivity index (χ0n) is 17.7. The van der Waals surface area contributed by atoms with Crippen molar-refractivity contribution in [3.63, 3.8) is 0 Å². The number of unbranched alkanes of at least 4 members (excludes halogenated alkanes) is 2. The minimum Gasteiger partial charge on any atom is -0.497 e. The maximum Gasteiger partial charge on any atom is 0.243 e. The summed E-state index contributed by atoms with van der Waals surface area (Å²) in [5.41, 5.74) is 10.4. The number of carbonyl (C=O) groups excluding carboxylic acids is 3. The van der Waals surface area contributed by atoms with Gasteiger partial charge in [-0.05, 0) is 43.5 Å². The highest BCUT2D eigenvalue weighted by Gasteiger charge is 2.20. The quantitative estimate of drug-likeness (QED) is 0.307. The van der Waals surface area contributed by atoms with Gasteiger partial charge in [-0.1, -0.05) is 12.8 Å². The van der Waals surface area contributed by atoms with E-state index in [1.807, 2.05) is 25.1 Å². The van der Waals surface area contributed by atoms with Crippen LogP contribution in [0.2, 0.25) is 0 Å². The Morgan fingerprint density at radius 1 is 1.13 bits per heavy atom. The molecule has 0 aliphatic carbocycles. The van der Waals surface area contributed by atoms with Crippen LogP contribution >= 0.6 is 0 Å². The van der Waals surface area contributed by atoms with Gasteiger partial charge in [0.2, 0.25) is 17.7 Å². The number of rotatable bonds is 12. The minimum atomic E-state index is -0.745. The Morgan fingerprint density at radius 2 is 1.90 bits per heavy atom. The Balaban J connectivity index is 1.91. The van der Waals surface area contributed by atoms with E-state index in [2.05, 4.69) is 20.6 Å². The van der Waals surface area contributed by atoms with Gasteiger partial charge in [-0.25, -0.2) is 5.48 Å². The first-order valence-electron chi connectivity index (χ1n) is 9.91. The van der Waals surface area contributed by atoms with Crippen LogP contribution in [0.5, 0.6) is 5.75 Å². The third-order valence-corrected chi connectivity index (χ3v) is 4.96. The van der Waals surface area contributed by atoms with E-state index in [-0.39, 0.29) is 18.2 Å². The molecular formula is C21H30N4O5. The summed E-state index contributed by atoms with van der Waals surface area (Å²) in [7, 11) is 2.97. The molecule has 164 valence electrons. The van der Waals surface area contributed by atoms with Crippen LogP contribution in [0, 0.1) is 6.92 Å². The highest BCUT2D eigenvalue weighted by molar-refractivity contribution is 5.92. The van der Waals surface area contributed by atoms with Crippen molar-refractivity contribution >= 4 is 28.6 Å². The number of hydrogen-bond acceptors (Lipinski definition) is 5. The molecular weight excluding hydrogens is 388 g/mol. The van der Waals surface area contributed by atoms with Crippen LogP contribution in [0.1, 0.15) is 43.4 Å². The first kappa shape index (κ1) is 23.2. The molecule has 9 heteroatoms. The lowest BCUT2D eigenvalue weighted by atomic mass is 10.0. The summed E-state index contributed by atoms with van der Waals surface area (Å²) in [4.78, 5) is 43.5. The lowest BCUT2D eigenvalue weighted by Crippen LogP contribution is -2.45. The number of amides is 3. The molecule has 2 aromatic rings. The Bertz CT molecular complexity index is 893. The van der Waals surface area contributed by atoms with Crippen LogP contribution in [0.4, 0.5) is 0 Å². The number of aromatic amines is 1. The van der Waals surface area contributed by atoms with E-state index in [0.717, 1.165) is 28.6 Å². The lowest BCUT2D eigenvalue weighted by Gasteiger charge is -2.15. The predicted octanol–water partition coefficient (Wildman–Crippen LogP) is 1.63. The summed E-state index contributed by atoms with van der Waals surface area (Å²) in [5.74, 6) is -0.330. The van der Waals surface area contributed by atoms with Crippen molar-refractivity contribution in [1.29, 1.82) is 0 Å². The SMILES string of the molecule is CONC(=O)CCCCC[C@H](NC(=O)Cc1c(C)[nH]c2ccc(OC)cc12)C(N)=O. The molecule has 30 heavy (non-hydrogen) atoms. The van der Waals surface area contributed by atoms with E-state index in [1.54, 1.807) is 7.11 Å². The van der Waals surface area contributed by atoms with E-state index in [0.29, 0.717) is 31.4 Å². The summed E-state index contributed by atoms with van der Waals surface area (Å²) >= 11 is 0. The van der Waals surface area contributed by atoms with Gasteiger partial charge in [0.05, 0.1) is 20.6 Å². The Labute approximate surface area is 175 Å². The van der Waals surface area contributed by atoms with Gasteiger partial charge in [0.15, 0.2) is 0 Å². The summed E-state index contributed by atoms with van der Waals surface area (Å²) in [6.07, 6.45) is 2.94. The standard InChI is InChI=1S/C21H30N4O5/c1-13-15(16-11-14(29-2)9-10-17(16)23-13)12-20(27)24-18(21(22)28)7-5-4-6-8-19(26)25-30-3/h9-11,18,23H,4-8,12H2,1-3H3,(H2,22,28)(H,24,27)(H,25,26)/t18-/m0/s1. The number of aromatic nitrogens is 1. The van der Waals surface area contributed by atoms with Gasteiger partial charge in [-0.15, -0.1) is 0 Å². The number of ether oxygens (including phenoxy) is 1. The third-order valence-electron chi connectivity index (χ3n) is 4.96. The second-order valence-corrected chi connectivity index (χ2v) is 7.17. The van der Waals surface area contributed by atoms with E-state index in [4.69, 9.17) is 10.5 Å². The first-order chi connectivity index (χ1) is 14.3. The zero-order valence-corrected chi connectivity index (χ0v) is 17.7. The number of nitrogens with two attached hydrogens (primary N) is 1. The number of H-pyrrole nitrogens is 1. The minimum absolute atomic E-state index is 0.125. The Morgan fingerprint density at radius 3 is 2.57 bits per heavy atom. The van der Waals surface area contributed by atoms with Gasteiger partial charge in [-0.3, -0.25) is 19.2 Å². The number of aryl methyl sites for hydroxylation is 1. The predicted molar refractivity (Wildman–Crippen MR) is 113 cm³/mol. The maximum atomic E-state index is 12.6. The first-order valence-corrected chi connectivity index (χ1v) is 9.91. The van der Waals surface area contributed by atoms with Gasteiger partial charge >= 0.3 is 0 Å². The number of primary amides is 1. The fourth-order valence-corrected chi connectivity index (χ4v) is 3.38. The largest absolute Gasteiger partial charge is 0.497 e. The molecule has 5 N–H and O–H groups in total. The number of carbonyl (C=O) groups is 3. The van der Waals surface area contributed by atoms with E-state index < -0.39 is 11.9 Å². The van der Waals surface area contributed by atoms with E-state index in [9.17, 15) is 14.4 Å². The molecule has 1 aromatic carbocycles. The fraction of sp³-hybridized carbons (Fsp3) is 0.476. The van der Waals surface area contributed by atoms with Crippen molar-refractivity contribution in [3.05, 3.63) is 29.5 Å². The van der Waals surface area contributed by atoms with Crippen molar-refractivity contribution in [2.75, 3.05) is 14.2 Å². The number of hydroxylamine groups is 1. The number of benzene rings is 1. The number of hydrogen-bond donors (Lipinski definition) is 4. The molecule has 0 aliphatic heterocycles. The van der Waals surface area contributed by atoms with Crippen molar-refractivity contribution in [2.24, 2.45) is 5.73 Å². The molecule has 1 heterocycles. The molecule has 0 saturated carbocycles. The van der Waals surface area contributed by atoms with Gasteiger partial charge in [0.1, 0.15) is 11.8 Å². The normalized spacial score (nSPS) is 11.8. The molecule has 1 aromatic heterocycles. The van der Waals surface area contributed by atoms with Crippen LogP contribution < -0.4 is 21.3 Å². The van der Waals surface area contributed by atoms with Crippen LogP contribution in [0.15, 0.2) is 18.2 Å². The molecule has 0 spiro atoms. The van der Waals surface area contributed by atoms with Gasteiger partial charge in [-0.2, -0.15) is 0 Å². The second-order valence-electron chi connectivity index (χ2n) is 7.17. The molecule has 0 fully saturated rings. The molecule has 2 rings (SSSR count). The van der Waals surface area contributed by atoms with Crippen molar-refractivity contribution in [3.8, 4) is 5.75 Å². The average Bonchev–Trinajstić information content (AvgIpc) is 3.01. The monoisotopic (exact) mass is 418 g/mol. The number of methoxy groups -OCH3 is 1. The molecule has 0 unspecified atom stereocenters. The van der Waals surface area contributed by atoms with Crippen LogP contribution in [0.3, 0.4) is 0 Å². The lowest BCUT2D eigenvalue weighted by molar-refractivity contribution is -0.131. The summed E-state index contributed by atoms with van der Waals surface area (Å²) in [6.45, 7) is 1.90. The topological polar surface area (TPSA) is 136 Å². The van der Waals surface area contributed by atoms with Crippen molar-refractivity contribution in [2.45, 2.75) is 51.5 Å². The molecule has 1 atom stereocenters. The van der Waals surface area contributed by atoms with E-state index in [1.165, 1.54) is 7.11 Å². The Hall–Kier alpha value is -3.07. The van der Waals surface area contributed by atoms with Crippen LogP contribution in [-0.2, 0) is 25.6 Å². The highest BCUT2D eigenvalue weighted by atomic mass is 16.6. The Kier molecular flexibility index (Phi) is 8.67. The fourth-order valence-electron chi connectivity index (χ4n) is 3.38. The van der Waals surface area contributed by atoms with Gasteiger partial charge in [0.25, 0.3) is 0 Å². The van der Waals surface area contributed by atoms with Gasteiger partial charge < -0.3 is 20.8 Å². The van der Waals surface area contributed by atoms with Crippen LogP contribution in [0.25, 0.3) is 10.9 Å². The maximum absolute atomic E-state index is 12.6. The number of fused-ring (bicyclic) bond motifs is 1. The third kappa shape index (κ3) is 6.48. The van der Waals surface area contributed by atoms with E-state index >= 15 is 0 Å². The molecule has 0 aliphatic rings. The molecule has 3 amide bonds. The van der Waals surface area contributed by atoms with Gasteiger partial charge in [0, 0.05) is 23.0 Å². The molecule has 0 bridgehead atoms. The molecule has 0 radical (unpaired) electrons. The summed E-state index contributed by atoms with van der Waals surface area (Å²) in [5, 5.41) is 3.65. The summed E-state index contributed by atoms with van der Waals surface area (Å²) in [6, 6.07) is 4.89. The zero-order chi connectivity index (χ0) is 22.1. The average molecular weight is 418 g/mol. The highest BCUT2D eigenvalue weighted by Crippen LogP contribution is 2.26.